The number of pyridine rings is 1. The van der Waals surface area contributed by atoms with Crippen LogP contribution in [0.1, 0.15) is 30.9 Å². The topological polar surface area (TPSA) is 58.4 Å². The molecular weight excluding hydrogens is 470 g/mol. The fraction of sp³-hybridized carbons (Fsp3) is 0.429. The average molecular weight is 500 g/mol. The second-order valence-corrected chi connectivity index (χ2v) is 6.45. The highest BCUT2D eigenvalue weighted by Gasteiger charge is 2.02. The third kappa shape index (κ3) is 8.41. The summed E-state index contributed by atoms with van der Waals surface area (Å²) in [5.74, 6) is 0.589. The van der Waals surface area contributed by atoms with Crippen LogP contribution in [0, 0.1) is 12.7 Å². The van der Waals surface area contributed by atoms with Crippen molar-refractivity contribution in [3.8, 4) is 0 Å². The highest BCUT2D eigenvalue weighted by Crippen LogP contribution is 2.10. The molecule has 2 N–H and O–H groups in total. The summed E-state index contributed by atoms with van der Waals surface area (Å²) in [7, 11) is 0. The van der Waals surface area contributed by atoms with Gasteiger partial charge in [0.25, 0.3) is 0 Å². The van der Waals surface area contributed by atoms with Crippen LogP contribution in [0.15, 0.2) is 52.4 Å². The van der Waals surface area contributed by atoms with Crippen LogP contribution >= 0.6 is 24.0 Å². The number of halogens is 2. The third-order valence-electron chi connectivity index (χ3n) is 4.31. The minimum atomic E-state index is -0.197. The van der Waals surface area contributed by atoms with Gasteiger partial charge >= 0.3 is 0 Å². The van der Waals surface area contributed by atoms with Crippen molar-refractivity contribution in [3.63, 3.8) is 0 Å². The maximum atomic E-state index is 13.2. The summed E-state index contributed by atoms with van der Waals surface area (Å²) in [4.78, 5) is 16.2. The van der Waals surface area contributed by atoms with Gasteiger partial charge in [-0.2, -0.15) is 0 Å². The molecule has 0 saturated carbocycles. The molecule has 7 heteroatoms. The molecular formula is C21H30FIN4O. The zero-order valence-electron chi connectivity index (χ0n) is 16.6. The Balaban J connectivity index is 0.00000392. The van der Waals surface area contributed by atoms with Crippen LogP contribution in [0.2, 0.25) is 0 Å². The van der Waals surface area contributed by atoms with Gasteiger partial charge in [-0.05, 0) is 62.4 Å². The van der Waals surface area contributed by atoms with Crippen molar-refractivity contribution in [3.05, 3.63) is 69.9 Å². The number of hydrogen-bond acceptors (Lipinski definition) is 2. The summed E-state index contributed by atoms with van der Waals surface area (Å²) in [5.41, 5.74) is 2.13. The molecule has 1 aromatic carbocycles. The maximum absolute atomic E-state index is 13.2. The van der Waals surface area contributed by atoms with Gasteiger partial charge in [0, 0.05) is 38.4 Å². The second kappa shape index (κ2) is 13.3. The molecule has 2 rings (SSSR count). The Morgan fingerprint density at radius 3 is 2.71 bits per heavy atom. The van der Waals surface area contributed by atoms with E-state index < -0.39 is 0 Å². The lowest BCUT2D eigenvalue weighted by molar-refractivity contribution is 0.597. The fourth-order valence-electron chi connectivity index (χ4n) is 2.83. The molecule has 0 atom stereocenters. The Morgan fingerprint density at radius 1 is 1.18 bits per heavy atom. The van der Waals surface area contributed by atoms with E-state index in [0.717, 1.165) is 49.4 Å². The van der Waals surface area contributed by atoms with E-state index >= 15 is 0 Å². The molecule has 0 amide bonds. The van der Waals surface area contributed by atoms with Gasteiger partial charge in [0.15, 0.2) is 5.96 Å². The first-order chi connectivity index (χ1) is 13.1. The Morgan fingerprint density at radius 2 is 2.00 bits per heavy atom. The molecule has 0 unspecified atom stereocenters. The molecule has 0 aliphatic rings. The summed E-state index contributed by atoms with van der Waals surface area (Å²) >= 11 is 0. The second-order valence-electron chi connectivity index (χ2n) is 6.45. The number of aryl methyl sites for hydroxylation is 2. The smallest absolute Gasteiger partial charge is 0.250 e. The van der Waals surface area contributed by atoms with Crippen LogP contribution in [0.4, 0.5) is 4.39 Å². The van der Waals surface area contributed by atoms with Crippen LogP contribution in [0.5, 0.6) is 0 Å². The van der Waals surface area contributed by atoms with Gasteiger partial charge in [0.1, 0.15) is 5.82 Å². The predicted molar refractivity (Wildman–Crippen MR) is 124 cm³/mol. The van der Waals surface area contributed by atoms with Crippen LogP contribution in [-0.4, -0.2) is 30.2 Å². The number of nitrogens with zero attached hydrogens (tertiary/aromatic N) is 2. The van der Waals surface area contributed by atoms with E-state index in [-0.39, 0.29) is 35.4 Å². The van der Waals surface area contributed by atoms with Crippen molar-refractivity contribution in [2.75, 3.05) is 19.6 Å². The van der Waals surface area contributed by atoms with Crippen molar-refractivity contribution in [1.82, 2.24) is 15.2 Å². The Hall–Kier alpha value is -1.90. The molecule has 0 saturated heterocycles. The number of hydrogen-bond donors (Lipinski definition) is 2. The Labute approximate surface area is 183 Å². The molecule has 0 radical (unpaired) electrons. The number of rotatable bonds is 9. The van der Waals surface area contributed by atoms with Crippen LogP contribution in [0.3, 0.4) is 0 Å². The van der Waals surface area contributed by atoms with E-state index in [1.165, 1.54) is 6.07 Å². The van der Waals surface area contributed by atoms with Crippen molar-refractivity contribution < 1.29 is 4.39 Å². The minimum Gasteiger partial charge on any atom is -0.357 e. The van der Waals surface area contributed by atoms with Gasteiger partial charge in [-0.1, -0.05) is 12.1 Å². The largest absolute Gasteiger partial charge is 0.357 e. The quantitative estimate of drug-likeness (QED) is 0.240. The standard InChI is InChI=1S/C21H29FN4O.HI/c1-3-23-21(25-13-11-18-9-10-19(22)16-17(18)2)24-12-5-7-15-26-14-6-4-8-20(26)27;/h4,6,8-10,14,16H,3,5,7,11-13,15H2,1-2H3,(H2,23,24,25);1H. The number of aromatic nitrogens is 1. The lowest BCUT2D eigenvalue weighted by Gasteiger charge is -2.12. The van der Waals surface area contributed by atoms with Crippen molar-refractivity contribution >= 4 is 29.9 Å². The molecule has 2 aromatic rings. The average Bonchev–Trinajstić information content (AvgIpc) is 2.64. The van der Waals surface area contributed by atoms with E-state index in [2.05, 4.69) is 15.6 Å². The van der Waals surface area contributed by atoms with Crippen LogP contribution in [0.25, 0.3) is 0 Å². The number of unbranched alkanes of at least 4 members (excludes halogenated alkanes) is 1. The zero-order valence-corrected chi connectivity index (χ0v) is 18.9. The maximum Gasteiger partial charge on any atom is 0.250 e. The monoisotopic (exact) mass is 500 g/mol. The van der Waals surface area contributed by atoms with Gasteiger partial charge in [0.05, 0.1) is 0 Å². The summed E-state index contributed by atoms with van der Waals surface area (Å²) in [6.07, 6.45) is 4.44. The Bertz CT molecular complexity index is 807. The molecule has 5 nitrogen and oxygen atoms in total. The third-order valence-corrected chi connectivity index (χ3v) is 4.31. The molecule has 1 heterocycles. The summed E-state index contributed by atoms with van der Waals surface area (Å²) < 4.78 is 14.9. The number of benzene rings is 1. The highest BCUT2D eigenvalue weighted by atomic mass is 127. The minimum absolute atomic E-state index is 0. The normalized spacial score (nSPS) is 11.0. The molecule has 28 heavy (non-hydrogen) atoms. The van der Waals surface area contributed by atoms with Crippen molar-refractivity contribution in [1.29, 1.82) is 0 Å². The lowest BCUT2D eigenvalue weighted by Crippen LogP contribution is -2.38. The van der Waals surface area contributed by atoms with Gasteiger partial charge < -0.3 is 15.2 Å². The molecule has 0 aliphatic carbocycles. The van der Waals surface area contributed by atoms with E-state index in [1.54, 1.807) is 22.8 Å². The molecule has 1 aromatic heterocycles. The van der Waals surface area contributed by atoms with Crippen LogP contribution in [-0.2, 0) is 13.0 Å². The fourth-order valence-corrected chi connectivity index (χ4v) is 2.83. The molecule has 0 spiro atoms. The molecule has 0 aliphatic heterocycles. The van der Waals surface area contributed by atoms with Gasteiger partial charge in [-0.25, -0.2) is 4.39 Å². The first-order valence-corrected chi connectivity index (χ1v) is 9.53. The van der Waals surface area contributed by atoms with Crippen LogP contribution < -0.4 is 16.2 Å². The SMILES string of the molecule is CCNC(=NCCCCn1ccccc1=O)NCCc1ccc(F)cc1C.I. The zero-order chi connectivity index (χ0) is 19.5. The van der Waals surface area contributed by atoms with Gasteiger partial charge in [-0.3, -0.25) is 9.79 Å². The molecule has 0 bridgehead atoms. The number of guanidine groups is 1. The molecule has 154 valence electrons. The van der Waals surface area contributed by atoms with E-state index in [1.807, 2.05) is 32.2 Å². The van der Waals surface area contributed by atoms with Gasteiger partial charge in [-0.15, -0.1) is 24.0 Å². The lowest BCUT2D eigenvalue weighted by atomic mass is 10.1. The first-order valence-electron chi connectivity index (χ1n) is 9.53. The highest BCUT2D eigenvalue weighted by molar-refractivity contribution is 14.0. The van der Waals surface area contributed by atoms with E-state index in [9.17, 15) is 9.18 Å². The Kier molecular flexibility index (Phi) is 11.5. The van der Waals surface area contributed by atoms with Crippen molar-refractivity contribution in [2.45, 2.75) is 39.7 Å². The summed E-state index contributed by atoms with van der Waals surface area (Å²) in [6.45, 7) is 6.90. The van der Waals surface area contributed by atoms with E-state index in [0.29, 0.717) is 13.1 Å². The van der Waals surface area contributed by atoms with Crippen molar-refractivity contribution in [2.24, 2.45) is 4.99 Å². The number of nitrogens with one attached hydrogen (secondary N) is 2. The van der Waals surface area contributed by atoms with Gasteiger partial charge in [0.2, 0.25) is 5.56 Å². The van der Waals surface area contributed by atoms with E-state index in [4.69, 9.17) is 0 Å². The number of aliphatic imine (C=N–C) groups is 1. The summed E-state index contributed by atoms with van der Waals surface area (Å²) in [6, 6.07) is 10.1. The molecule has 0 fully saturated rings. The first kappa shape index (κ1) is 24.1. The predicted octanol–water partition coefficient (Wildman–Crippen LogP) is 3.49. The summed E-state index contributed by atoms with van der Waals surface area (Å²) in [5, 5.41) is 6.55.